The van der Waals surface area contributed by atoms with Crippen molar-refractivity contribution in [2.24, 2.45) is 0 Å². The minimum absolute atomic E-state index is 0.343. The minimum atomic E-state index is -0.367. The maximum atomic E-state index is 13.7. The van der Waals surface area contributed by atoms with E-state index in [-0.39, 0.29) is 11.6 Å². The second kappa shape index (κ2) is 6.12. The second-order valence-corrected chi connectivity index (χ2v) is 4.78. The lowest BCUT2D eigenvalue weighted by Gasteiger charge is -2.12. The Kier molecular flexibility index (Phi) is 4.50. The van der Waals surface area contributed by atoms with E-state index in [2.05, 4.69) is 21.2 Å². The van der Waals surface area contributed by atoms with Gasteiger partial charge in [-0.1, -0.05) is 6.07 Å². The van der Waals surface area contributed by atoms with Crippen molar-refractivity contribution in [3.8, 4) is 11.5 Å². The highest BCUT2D eigenvalue weighted by Gasteiger charge is 2.11. The molecule has 1 N–H and O–H groups in total. The minimum Gasteiger partial charge on any atom is -0.456 e. The van der Waals surface area contributed by atoms with E-state index in [1.165, 1.54) is 24.3 Å². The first-order chi connectivity index (χ1) is 9.11. The molecule has 0 aliphatic heterocycles. The Morgan fingerprint density at radius 1 is 1.16 bits per heavy atom. The lowest BCUT2D eigenvalue weighted by atomic mass is 10.2. The topological polar surface area (TPSA) is 21.3 Å². The fourth-order valence-electron chi connectivity index (χ4n) is 1.66. The van der Waals surface area contributed by atoms with Crippen LogP contribution in [0.3, 0.4) is 0 Å². The molecule has 0 fully saturated rings. The van der Waals surface area contributed by atoms with Gasteiger partial charge in [0, 0.05) is 12.1 Å². The summed E-state index contributed by atoms with van der Waals surface area (Å²) in [7, 11) is 1.73. The summed E-state index contributed by atoms with van der Waals surface area (Å²) < 4.78 is 32.8. The van der Waals surface area contributed by atoms with E-state index in [9.17, 15) is 8.78 Å². The van der Waals surface area contributed by atoms with Crippen molar-refractivity contribution >= 4 is 15.9 Å². The van der Waals surface area contributed by atoms with E-state index < -0.39 is 0 Å². The van der Waals surface area contributed by atoms with Crippen LogP contribution in [0.4, 0.5) is 8.78 Å². The molecule has 0 heterocycles. The van der Waals surface area contributed by atoms with Crippen LogP contribution in [0.1, 0.15) is 5.56 Å². The molecule has 2 nitrogen and oxygen atoms in total. The first-order valence-corrected chi connectivity index (χ1v) is 6.46. The molecule has 0 amide bonds. The molecule has 100 valence electrons. The van der Waals surface area contributed by atoms with Gasteiger partial charge in [-0.15, -0.1) is 0 Å². The van der Waals surface area contributed by atoms with Crippen LogP contribution in [0, 0.1) is 11.6 Å². The summed E-state index contributed by atoms with van der Waals surface area (Å²) in [6.45, 7) is 0.348. The first kappa shape index (κ1) is 14.0. The fraction of sp³-hybridized carbons (Fsp3) is 0.143. The Bertz CT molecular complexity index is 590. The van der Waals surface area contributed by atoms with Crippen molar-refractivity contribution in [3.05, 3.63) is 58.1 Å². The van der Waals surface area contributed by atoms with Crippen LogP contribution in [0.2, 0.25) is 0 Å². The number of benzene rings is 2. The predicted octanol–water partition coefficient (Wildman–Crippen LogP) is 4.24. The van der Waals surface area contributed by atoms with Crippen LogP contribution in [0.25, 0.3) is 0 Å². The molecule has 2 aromatic rings. The average Bonchev–Trinajstić information content (AvgIpc) is 2.37. The van der Waals surface area contributed by atoms with Crippen molar-refractivity contribution in [2.75, 3.05) is 7.05 Å². The molecular weight excluding hydrogens is 316 g/mol. The van der Waals surface area contributed by atoms with Gasteiger partial charge in [0.05, 0.1) is 4.47 Å². The van der Waals surface area contributed by atoms with Gasteiger partial charge in [0.15, 0.2) is 0 Å². The summed E-state index contributed by atoms with van der Waals surface area (Å²) in [6, 6.07) is 8.70. The maximum Gasteiger partial charge on any atom is 0.141 e. The molecule has 0 spiro atoms. The highest BCUT2D eigenvalue weighted by atomic mass is 79.9. The van der Waals surface area contributed by atoms with Crippen LogP contribution < -0.4 is 10.1 Å². The number of ether oxygens (including phenoxy) is 1. The lowest BCUT2D eigenvalue weighted by molar-refractivity contribution is 0.460. The largest absolute Gasteiger partial charge is 0.456 e. The van der Waals surface area contributed by atoms with Crippen LogP contribution in [0.15, 0.2) is 40.9 Å². The van der Waals surface area contributed by atoms with Gasteiger partial charge < -0.3 is 10.1 Å². The number of rotatable bonds is 4. The normalized spacial score (nSPS) is 10.5. The number of hydrogen-bond donors (Lipinski definition) is 1. The van der Waals surface area contributed by atoms with Crippen molar-refractivity contribution in [1.29, 1.82) is 0 Å². The first-order valence-electron chi connectivity index (χ1n) is 5.66. The maximum absolute atomic E-state index is 13.7. The molecule has 2 rings (SSSR count). The summed E-state index contributed by atoms with van der Waals surface area (Å²) in [5, 5.41) is 2.88. The Hall–Kier alpha value is -1.46. The van der Waals surface area contributed by atoms with Gasteiger partial charge in [0.1, 0.15) is 23.1 Å². The van der Waals surface area contributed by atoms with Gasteiger partial charge >= 0.3 is 0 Å². The molecule has 0 unspecified atom stereocenters. The molecule has 0 bridgehead atoms. The summed E-state index contributed by atoms with van der Waals surface area (Å²) in [5.41, 5.74) is 0.432. The molecule has 0 aromatic heterocycles. The third kappa shape index (κ3) is 3.30. The zero-order chi connectivity index (χ0) is 13.8. The molecule has 2 aromatic carbocycles. The van der Waals surface area contributed by atoms with E-state index >= 15 is 0 Å². The van der Waals surface area contributed by atoms with Crippen LogP contribution in [-0.2, 0) is 6.54 Å². The van der Waals surface area contributed by atoms with Crippen molar-refractivity contribution < 1.29 is 13.5 Å². The molecule has 0 saturated carbocycles. The number of hydrogen-bond acceptors (Lipinski definition) is 2. The third-order valence-electron chi connectivity index (χ3n) is 2.54. The molecule has 5 heteroatoms. The molecule has 0 radical (unpaired) electrons. The van der Waals surface area contributed by atoms with Gasteiger partial charge in [-0.25, -0.2) is 8.78 Å². The fourth-order valence-corrected chi connectivity index (χ4v) is 2.09. The molecule has 19 heavy (non-hydrogen) atoms. The number of halogens is 3. The monoisotopic (exact) mass is 327 g/mol. The molecule has 0 saturated heterocycles. The van der Waals surface area contributed by atoms with Gasteiger partial charge in [0.2, 0.25) is 0 Å². The smallest absolute Gasteiger partial charge is 0.141 e. The molecule has 0 aliphatic carbocycles. The van der Waals surface area contributed by atoms with Gasteiger partial charge in [-0.2, -0.15) is 0 Å². The Balaban J connectivity index is 2.35. The summed E-state index contributed by atoms with van der Waals surface area (Å²) >= 11 is 3.21. The second-order valence-electron chi connectivity index (χ2n) is 3.92. The predicted molar refractivity (Wildman–Crippen MR) is 73.3 cm³/mol. The Morgan fingerprint density at radius 2 is 1.95 bits per heavy atom. The number of nitrogens with one attached hydrogen (secondary N) is 1. The molecule has 0 atom stereocenters. The zero-order valence-electron chi connectivity index (χ0n) is 10.2. The summed E-state index contributed by atoms with van der Waals surface area (Å²) in [4.78, 5) is 0. The van der Waals surface area contributed by atoms with Crippen molar-refractivity contribution in [3.63, 3.8) is 0 Å². The Labute approximate surface area is 118 Å². The van der Waals surface area contributed by atoms with E-state index in [0.29, 0.717) is 28.1 Å². The quantitative estimate of drug-likeness (QED) is 0.906. The highest BCUT2D eigenvalue weighted by Crippen LogP contribution is 2.32. The van der Waals surface area contributed by atoms with E-state index in [4.69, 9.17) is 4.74 Å². The van der Waals surface area contributed by atoms with Gasteiger partial charge in [-0.05, 0) is 53.3 Å². The van der Waals surface area contributed by atoms with Crippen LogP contribution >= 0.6 is 15.9 Å². The Morgan fingerprint density at radius 3 is 2.63 bits per heavy atom. The third-order valence-corrected chi connectivity index (χ3v) is 3.16. The van der Waals surface area contributed by atoms with Gasteiger partial charge in [-0.3, -0.25) is 0 Å². The van der Waals surface area contributed by atoms with Crippen molar-refractivity contribution in [2.45, 2.75) is 6.54 Å². The average molecular weight is 328 g/mol. The van der Waals surface area contributed by atoms with Crippen LogP contribution in [0.5, 0.6) is 11.5 Å². The van der Waals surface area contributed by atoms with E-state index in [0.717, 1.165) is 0 Å². The van der Waals surface area contributed by atoms with E-state index in [1.54, 1.807) is 19.2 Å². The molecular formula is C14H12BrF2NO. The summed E-state index contributed by atoms with van der Waals surface area (Å²) in [6.07, 6.45) is 0. The van der Waals surface area contributed by atoms with Gasteiger partial charge in [0.25, 0.3) is 0 Å². The summed E-state index contributed by atoms with van der Waals surface area (Å²) in [5.74, 6) is 0.130. The lowest BCUT2D eigenvalue weighted by Crippen LogP contribution is -2.08. The molecule has 0 aliphatic rings. The van der Waals surface area contributed by atoms with E-state index in [1.807, 2.05) is 0 Å². The zero-order valence-corrected chi connectivity index (χ0v) is 11.8. The van der Waals surface area contributed by atoms with Crippen LogP contribution in [-0.4, -0.2) is 7.05 Å². The SMILES string of the molecule is CNCc1c(F)cccc1Oc1ccc(F)cc1Br. The van der Waals surface area contributed by atoms with Crippen molar-refractivity contribution in [1.82, 2.24) is 5.32 Å². The standard InChI is InChI=1S/C14H12BrF2NO/c1-18-8-10-12(17)3-2-4-13(10)19-14-6-5-9(16)7-11(14)15/h2-7,18H,8H2,1H3. The highest BCUT2D eigenvalue weighted by molar-refractivity contribution is 9.10.